The van der Waals surface area contributed by atoms with E-state index >= 15 is 0 Å². The second-order valence-corrected chi connectivity index (χ2v) is 8.45. The third kappa shape index (κ3) is 4.68. The summed E-state index contributed by atoms with van der Waals surface area (Å²) < 4.78 is 19.5. The van der Waals surface area contributed by atoms with Gasteiger partial charge in [0, 0.05) is 16.1 Å². The molecule has 0 bridgehead atoms. The fraction of sp³-hybridized carbons (Fsp3) is 0.167. The zero-order chi connectivity index (χ0) is 23.5. The van der Waals surface area contributed by atoms with Gasteiger partial charge in [0.05, 0.1) is 23.9 Å². The summed E-state index contributed by atoms with van der Waals surface area (Å²) in [6.07, 6.45) is 1.35. The van der Waals surface area contributed by atoms with Gasteiger partial charge in [-0.3, -0.25) is 14.2 Å². The number of nitrogens with zero attached hydrogens (tertiary/aromatic N) is 2. The SMILES string of the molecule is CCOC(=O)c1ccc(NC(=O)Cn2cnc3sc(C)c(-c4ccc(F)cc4)c3c2=O)cc1. The molecule has 7 nitrogen and oxygen atoms in total. The Hall–Kier alpha value is -3.85. The molecule has 2 heterocycles. The van der Waals surface area contributed by atoms with Gasteiger partial charge in [-0.05, 0) is 55.8 Å². The number of anilines is 1. The van der Waals surface area contributed by atoms with Crippen molar-refractivity contribution in [1.29, 1.82) is 0 Å². The highest BCUT2D eigenvalue weighted by Crippen LogP contribution is 2.35. The number of amides is 1. The third-order valence-corrected chi connectivity index (χ3v) is 5.99. The van der Waals surface area contributed by atoms with Crippen molar-refractivity contribution in [2.75, 3.05) is 11.9 Å². The number of halogens is 1. The molecule has 0 aliphatic rings. The molecule has 0 saturated heterocycles. The Morgan fingerprint density at radius 2 is 1.82 bits per heavy atom. The van der Waals surface area contributed by atoms with Crippen molar-refractivity contribution in [2.24, 2.45) is 0 Å². The van der Waals surface area contributed by atoms with Gasteiger partial charge < -0.3 is 10.1 Å². The lowest BCUT2D eigenvalue weighted by molar-refractivity contribution is -0.116. The molecule has 0 aliphatic heterocycles. The number of ether oxygens (including phenoxy) is 1. The predicted octanol–water partition coefficient (Wildman–Crippen LogP) is 4.39. The van der Waals surface area contributed by atoms with Gasteiger partial charge in [-0.25, -0.2) is 14.2 Å². The lowest BCUT2D eigenvalue weighted by atomic mass is 10.0. The predicted molar refractivity (Wildman–Crippen MR) is 125 cm³/mol. The van der Waals surface area contributed by atoms with Crippen molar-refractivity contribution in [3.8, 4) is 11.1 Å². The van der Waals surface area contributed by atoms with Crippen LogP contribution < -0.4 is 10.9 Å². The Labute approximate surface area is 192 Å². The molecule has 1 N–H and O–H groups in total. The number of esters is 1. The van der Waals surface area contributed by atoms with Crippen molar-refractivity contribution in [2.45, 2.75) is 20.4 Å². The van der Waals surface area contributed by atoms with E-state index in [2.05, 4.69) is 10.3 Å². The molecule has 0 fully saturated rings. The van der Waals surface area contributed by atoms with Gasteiger partial charge >= 0.3 is 5.97 Å². The number of carbonyl (C=O) groups excluding carboxylic acids is 2. The Kier molecular flexibility index (Phi) is 6.32. The van der Waals surface area contributed by atoms with Gasteiger partial charge in [0.15, 0.2) is 0 Å². The highest BCUT2D eigenvalue weighted by atomic mass is 32.1. The van der Waals surface area contributed by atoms with Crippen molar-refractivity contribution in [1.82, 2.24) is 9.55 Å². The summed E-state index contributed by atoms with van der Waals surface area (Å²) in [6.45, 7) is 3.64. The number of benzene rings is 2. The summed E-state index contributed by atoms with van der Waals surface area (Å²) in [7, 11) is 0. The Balaban J connectivity index is 1.58. The first-order valence-corrected chi connectivity index (χ1v) is 11.0. The van der Waals surface area contributed by atoms with E-state index in [9.17, 15) is 18.8 Å². The molecule has 0 aliphatic carbocycles. The summed E-state index contributed by atoms with van der Waals surface area (Å²) in [5, 5.41) is 3.11. The second kappa shape index (κ2) is 9.33. The molecule has 0 spiro atoms. The molecular weight excluding hydrogens is 445 g/mol. The van der Waals surface area contributed by atoms with Crippen LogP contribution in [0.25, 0.3) is 21.3 Å². The molecule has 4 rings (SSSR count). The Morgan fingerprint density at radius 1 is 1.12 bits per heavy atom. The van der Waals surface area contributed by atoms with Gasteiger partial charge in [0.1, 0.15) is 17.2 Å². The number of hydrogen-bond acceptors (Lipinski definition) is 6. The standard InChI is InChI=1S/C24H20FN3O4S/c1-3-32-24(31)16-6-10-18(11-7-16)27-19(29)12-28-13-26-22-21(23(28)30)20(14(2)33-22)15-4-8-17(25)9-5-15/h4-11,13H,3,12H2,1-2H3,(H,27,29). The van der Waals surface area contributed by atoms with Gasteiger partial charge in [-0.15, -0.1) is 11.3 Å². The highest BCUT2D eigenvalue weighted by Gasteiger charge is 2.18. The van der Waals surface area contributed by atoms with Gasteiger partial charge in [-0.2, -0.15) is 0 Å². The lowest BCUT2D eigenvalue weighted by Gasteiger charge is -2.09. The fourth-order valence-corrected chi connectivity index (χ4v) is 4.48. The minimum absolute atomic E-state index is 0.237. The molecule has 168 valence electrons. The van der Waals surface area contributed by atoms with Crippen molar-refractivity contribution >= 4 is 39.1 Å². The summed E-state index contributed by atoms with van der Waals surface area (Å²) in [5.41, 5.74) is 1.91. The highest BCUT2D eigenvalue weighted by molar-refractivity contribution is 7.19. The number of rotatable bonds is 6. The van der Waals surface area contributed by atoms with Gasteiger partial charge in [-0.1, -0.05) is 12.1 Å². The van der Waals surface area contributed by atoms with Gasteiger partial charge in [0.25, 0.3) is 5.56 Å². The van der Waals surface area contributed by atoms with Crippen LogP contribution in [0.15, 0.2) is 59.7 Å². The minimum Gasteiger partial charge on any atom is -0.462 e. The first-order valence-electron chi connectivity index (χ1n) is 10.2. The molecule has 0 saturated carbocycles. The topological polar surface area (TPSA) is 90.3 Å². The fourth-order valence-electron chi connectivity index (χ4n) is 3.47. The van der Waals surface area contributed by atoms with E-state index in [1.807, 2.05) is 6.92 Å². The largest absolute Gasteiger partial charge is 0.462 e. The zero-order valence-corrected chi connectivity index (χ0v) is 18.7. The number of fused-ring (bicyclic) bond motifs is 1. The van der Waals surface area contributed by atoms with Crippen LogP contribution in [0.4, 0.5) is 10.1 Å². The summed E-state index contributed by atoms with van der Waals surface area (Å²) in [6, 6.07) is 12.2. The monoisotopic (exact) mass is 465 g/mol. The number of aromatic nitrogens is 2. The zero-order valence-electron chi connectivity index (χ0n) is 17.9. The van der Waals surface area contributed by atoms with Crippen LogP contribution in [0, 0.1) is 12.7 Å². The number of thiophene rings is 1. The minimum atomic E-state index is -0.440. The molecule has 0 unspecified atom stereocenters. The molecule has 33 heavy (non-hydrogen) atoms. The van der Waals surface area contributed by atoms with Crippen LogP contribution in [0.2, 0.25) is 0 Å². The maximum absolute atomic E-state index is 13.4. The van der Waals surface area contributed by atoms with Crippen molar-refractivity contribution < 1.29 is 18.7 Å². The first-order chi connectivity index (χ1) is 15.9. The molecular formula is C24H20FN3O4S. The molecule has 2 aromatic carbocycles. The average molecular weight is 466 g/mol. The average Bonchev–Trinajstić information content (AvgIpc) is 3.13. The van der Waals surface area contributed by atoms with Crippen LogP contribution in [0.3, 0.4) is 0 Å². The first kappa shape index (κ1) is 22.3. The lowest BCUT2D eigenvalue weighted by Crippen LogP contribution is -2.27. The van der Waals surface area contributed by atoms with Crippen molar-refractivity contribution in [3.63, 3.8) is 0 Å². The normalized spacial score (nSPS) is 10.9. The van der Waals surface area contributed by atoms with Crippen LogP contribution in [0.5, 0.6) is 0 Å². The second-order valence-electron chi connectivity index (χ2n) is 7.24. The van der Waals surface area contributed by atoms with E-state index in [1.54, 1.807) is 43.3 Å². The molecule has 0 atom stereocenters. The van der Waals surface area contributed by atoms with Crippen LogP contribution in [-0.2, 0) is 16.1 Å². The van der Waals surface area contributed by atoms with E-state index in [0.29, 0.717) is 32.6 Å². The summed E-state index contributed by atoms with van der Waals surface area (Å²) in [5.74, 6) is -1.22. The smallest absolute Gasteiger partial charge is 0.338 e. The van der Waals surface area contributed by atoms with Crippen LogP contribution in [-0.4, -0.2) is 28.0 Å². The van der Waals surface area contributed by atoms with E-state index in [4.69, 9.17) is 4.74 Å². The molecule has 2 aromatic heterocycles. The van der Waals surface area contributed by atoms with E-state index in [1.165, 1.54) is 34.4 Å². The maximum atomic E-state index is 13.4. The molecule has 9 heteroatoms. The third-order valence-electron chi connectivity index (χ3n) is 4.98. The van der Waals surface area contributed by atoms with Gasteiger partial charge in [0.2, 0.25) is 5.91 Å². The molecule has 4 aromatic rings. The Bertz CT molecular complexity index is 1390. The number of hydrogen-bond donors (Lipinski definition) is 1. The maximum Gasteiger partial charge on any atom is 0.338 e. The number of carbonyl (C=O) groups is 2. The van der Waals surface area contributed by atoms with Crippen molar-refractivity contribution in [3.05, 3.63) is 81.5 Å². The van der Waals surface area contributed by atoms with E-state index in [-0.39, 0.29) is 24.5 Å². The summed E-state index contributed by atoms with van der Waals surface area (Å²) in [4.78, 5) is 43.3. The number of nitrogens with one attached hydrogen (secondary N) is 1. The van der Waals surface area contributed by atoms with E-state index < -0.39 is 11.9 Å². The number of aryl methyl sites for hydroxylation is 1. The molecule has 1 amide bonds. The summed E-state index contributed by atoms with van der Waals surface area (Å²) >= 11 is 1.37. The Morgan fingerprint density at radius 3 is 2.48 bits per heavy atom. The van der Waals surface area contributed by atoms with Crippen LogP contribution in [0.1, 0.15) is 22.2 Å². The quantitative estimate of drug-likeness (QED) is 0.427. The van der Waals surface area contributed by atoms with Crippen LogP contribution >= 0.6 is 11.3 Å². The van der Waals surface area contributed by atoms with E-state index in [0.717, 1.165) is 4.88 Å². The molecule has 0 radical (unpaired) electrons.